The van der Waals surface area contributed by atoms with Gasteiger partial charge in [0.1, 0.15) is 6.34 Å². The summed E-state index contributed by atoms with van der Waals surface area (Å²) in [5, 5.41) is 14.1. The van der Waals surface area contributed by atoms with Crippen LogP contribution in [0.4, 0.5) is 0 Å². The monoisotopic (exact) mass is 478 g/mol. The summed E-state index contributed by atoms with van der Waals surface area (Å²) in [6, 6.07) is 19.8. The number of aliphatic imine (C=N–C) groups is 2. The fourth-order valence-electron chi connectivity index (χ4n) is 5.25. The maximum Gasteiger partial charge on any atom is 0.261 e. The molecule has 2 N–H and O–H groups in total. The second kappa shape index (κ2) is 10.1. The molecule has 36 heavy (non-hydrogen) atoms. The standard InChI is InChI=1S/C26H22N2O2.C3H4N2O/c1-2-16-7-3-5-9-18(16)23-15-24(27)22-14-13-20-19-10-6-4-8-17(19)11-12-21(20)25(22)26(23)28(29)30;1-4-2-6-3-5-1/h2-10,12-14,23-24H,1,11,15,27H2;1-2H,3H2. The Kier molecular flexibility index (Phi) is 6.56. The maximum atomic E-state index is 12.4. The van der Waals surface area contributed by atoms with Gasteiger partial charge in [-0.2, -0.15) is 0 Å². The topological polar surface area (TPSA) is 103 Å². The van der Waals surface area contributed by atoms with Gasteiger partial charge in [0.15, 0.2) is 13.1 Å². The van der Waals surface area contributed by atoms with Crippen molar-refractivity contribution in [2.24, 2.45) is 15.7 Å². The third-order valence-corrected chi connectivity index (χ3v) is 6.81. The summed E-state index contributed by atoms with van der Waals surface area (Å²) in [5.74, 6) is -0.381. The Bertz CT molecular complexity index is 1510. The first kappa shape index (κ1) is 23.4. The molecule has 2 unspecified atom stereocenters. The molecule has 180 valence electrons. The molecule has 0 aromatic heterocycles. The first-order valence-electron chi connectivity index (χ1n) is 11.8. The van der Waals surface area contributed by atoms with Crippen molar-refractivity contribution >= 4 is 30.6 Å². The third kappa shape index (κ3) is 4.25. The first-order chi connectivity index (χ1) is 17.6. The van der Waals surface area contributed by atoms with Crippen LogP contribution < -0.4 is 16.2 Å². The average molecular weight is 479 g/mol. The number of nitrogens with two attached hydrogens (primary N) is 1. The minimum atomic E-state index is -0.381. The van der Waals surface area contributed by atoms with Crippen molar-refractivity contribution in [3.8, 4) is 11.1 Å². The highest BCUT2D eigenvalue weighted by atomic mass is 16.6. The molecule has 1 heterocycles. The lowest BCUT2D eigenvalue weighted by atomic mass is 9.77. The number of fused-ring (bicyclic) bond motifs is 5. The molecule has 0 amide bonds. The zero-order valence-electron chi connectivity index (χ0n) is 19.7. The van der Waals surface area contributed by atoms with Crippen LogP contribution in [-0.2, 0) is 11.2 Å². The highest BCUT2D eigenvalue weighted by molar-refractivity contribution is 5.75. The predicted octanol–water partition coefficient (Wildman–Crippen LogP) is 3.94. The van der Waals surface area contributed by atoms with Gasteiger partial charge < -0.3 is 10.5 Å². The third-order valence-electron chi connectivity index (χ3n) is 6.81. The first-order valence-corrected chi connectivity index (χ1v) is 11.8. The molecule has 1 aliphatic heterocycles. The molecule has 6 rings (SSSR count). The van der Waals surface area contributed by atoms with Gasteiger partial charge in [-0.1, -0.05) is 79.4 Å². The van der Waals surface area contributed by atoms with E-state index < -0.39 is 0 Å². The molecule has 2 atom stereocenters. The van der Waals surface area contributed by atoms with E-state index in [9.17, 15) is 10.1 Å². The molecule has 3 aromatic rings. The van der Waals surface area contributed by atoms with Crippen LogP contribution in [0.3, 0.4) is 0 Å². The largest absolute Gasteiger partial charge is 0.461 e. The number of ether oxygens (including phenoxy) is 1. The molecule has 0 bridgehead atoms. The zero-order chi connectivity index (χ0) is 25.1. The summed E-state index contributed by atoms with van der Waals surface area (Å²) in [4.78, 5) is 19.4. The van der Waals surface area contributed by atoms with Gasteiger partial charge >= 0.3 is 0 Å². The van der Waals surface area contributed by atoms with E-state index in [4.69, 9.17) is 5.73 Å². The van der Waals surface area contributed by atoms with Crippen molar-refractivity contribution in [3.05, 3.63) is 110 Å². The lowest BCUT2D eigenvalue weighted by molar-refractivity contribution is -0.384. The smallest absolute Gasteiger partial charge is 0.261 e. The quantitative estimate of drug-likeness (QED) is 0.455. The summed E-state index contributed by atoms with van der Waals surface area (Å²) >= 11 is 0. The molecule has 0 radical (unpaired) electrons. The molecule has 0 saturated heterocycles. The van der Waals surface area contributed by atoms with Gasteiger partial charge in [0, 0.05) is 6.04 Å². The minimum absolute atomic E-state index is 0.204. The number of hydrogen-bond donors (Lipinski definition) is 1. The van der Waals surface area contributed by atoms with Gasteiger partial charge in [-0.05, 0) is 51.4 Å². The molecule has 7 nitrogen and oxygen atoms in total. The van der Waals surface area contributed by atoms with Crippen LogP contribution in [0.25, 0.3) is 29.0 Å². The van der Waals surface area contributed by atoms with E-state index in [0.29, 0.717) is 18.4 Å². The highest BCUT2D eigenvalue weighted by Gasteiger charge is 2.37. The van der Waals surface area contributed by atoms with Crippen molar-refractivity contribution < 1.29 is 9.66 Å². The Labute approximate surface area is 208 Å². The van der Waals surface area contributed by atoms with E-state index in [1.54, 1.807) is 6.08 Å². The minimum Gasteiger partial charge on any atom is -0.461 e. The summed E-state index contributed by atoms with van der Waals surface area (Å²) in [6.45, 7) is 4.32. The number of nitro groups is 1. The van der Waals surface area contributed by atoms with Crippen LogP contribution in [0.1, 0.15) is 40.6 Å². The van der Waals surface area contributed by atoms with Crippen LogP contribution in [0.15, 0.2) is 77.2 Å². The maximum absolute atomic E-state index is 12.4. The Morgan fingerprint density at radius 3 is 2.56 bits per heavy atom. The summed E-state index contributed by atoms with van der Waals surface area (Å²) in [7, 11) is 0. The molecule has 3 aliphatic rings. The summed E-state index contributed by atoms with van der Waals surface area (Å²) < 4.78 is 4.58. The summed E-state index contributed by atoms with van der Waals surface area (Å²) in [5.41, 5.74) is 12.9. The number of nitrogens with zero attached hydrogens (tertiary/aromatic N) is 3. The van der Waals surface area contributed by atoms with E-state index in [1.165, 1.54) is 18.3 Å². The van der Waals surface area contributed by atoms with Gasteiger partial charge in [-0.3, -0.25) is 10.1 Å². The van der Waals surface area contributed by atoms with Crippen LogP contribution in [0.2, 0.25) is 0 Å². The predicted molar refractivity (Wildman–Crippen MR) is 143 cm³/mol. The normalized spacial score (nSPS) is 18.9. The zero-order valence-corrected chi connectivity index (χ0v) is 19.7. The van der Waals surface area contributed by atoms with Crippen molar-refractivity contribution in [3.63, 3.8) is 0 Å². The lowest BCUT2D eigenvalue weighted by Crippen LogP contribution is -2.43. The Balaban J connectivity index is 0.000000391. The van der Waals surface area contributed by atoms with Crippen molar-refractivity contribution in [2.45, 2.75) is 24.8 Å². The Morgan fingerprint density at radius 2 is 1.86 bits per heavy atom. The van der Waals surface area contributed by atoms with Crippen molar-refractivity contribution in [1.82, 2.24) is 0 Å². The lowest BCUT2D eigenvalue weighted by Gasteiger charge is -2.28. The molecule has 2 aliphatic carbocycles. The molecular formula is C29H26N4O3. The van der Waals surface area contributed by atoms with Crippen molar-refractivity contribution in [2.75, 3.05) is 6.73 Å². The van der Waals surface area contributed by atoms with Crippen LogP contribution in [0.5, 0.6) is 0 Å². The number of hydrogen-bond acceptors (Lipinski definition) is 6. The second-order valence-electron chi connectivity index (χ2n) is 8.77. The van der Waals surface area contributed by atoms with Crippen LogP contribution >= 0.6 is 0 Å². The number of benzene rings is 3. The highest BCUT2D eigenvalue weighted by Crippen LogP contribution is 2.38. The SMILES string of the molecule is C1=NC=NCO1.C=Cc1ccccc1C1CC(N)c2ccc3c(c2=C1[N+](=O)[O-])=CCc1ccccc1-3. The van der Waals surface area contributed by atoms with Crippen molar-refractivity contribution in [1.29, 1.82) is 0 Å². The molecule has 7 heteroatoms. The van der Waals surface area contributed by atoms with Gasteiger partial charge in [0.25, 0.3) is 5.70 Å². The second-order valence-corrected chi connectivity index (χ2v) is 8.77. The Morgan fingerprint density at radius 1 is 1.06 bits per heavy atom. The molecular weight excluding hydrogens is 452 g/mol. The van der Waals surface area contributed by atoms with Crippen LogP contribution in [0, 0.1) is 10.1 Å². The van der Waals surface area contributed by atoms with E-state index in [-0.39, 0.29) is 22.6 Å². The fraction of sp³-hybridized carbons (Fsp3) is 0.172. The molecule has 0 fully saturated rings. The molecule has 3 aromatic carbocycles. The molecule has 0 saturated carbocycles. The van der Waals surface area contributed by atoms with Gasteiger partial charge in [0.2, 0.25) is 0 Å². The van der Waals surface area contributed by atoms with E-state index >= 15 is 0 Å². The van der Waals surface area contributed by atoms with Gasteiger partial charge in [-0.15, -0.1) is 0 Å². The van der Waals surface area contributed by atoms with E-state index in [2.05, 4.69) is 45.6 Å². The van der Waals surface area contributed by atoms with Gasteiger partial charge in [0.05, 0.1) is 16.1 Å². The van der Waals surface area contributed by atoms with E-state index in [0.717, 1.165) is 39.5 Å². The number of rotatable bonds is 3. The van der Waals surface area contributed by atoms with Gasteiger partial charge in [-0.25, -0.2) is 9.98 Å². The average Bonchev–Trinajstić information content (AvgIpc) is 2.93. The van der Waals surface area contributed by atoms with Crippen LogP contribution in [-0.4, -0.2) is 24.4 Å². The Hall–Kier alpha value is -4.36. The fourth-order valence-corrected chi connectivity index (χ4v) is 5.25. The summed E-state index contributed by atoms with van der Waals surface area (Å²) in [6.07, 6.45) is 7.97. The molecule has 0 spiro atoms. The van der Waals surface area contributed by atoms with E-state index in [1.807, 2.05) is 42.5 Å².